The van der Waals surface area contributed by atoms with Gasteiger partial charge in [-0.05, 0) is 55.7 Å². The van der Waals surface area contributed by atoms with Gasteiger partial charge in [-0.3, -0.25) is 9.10 Å². The van der Waals surface area contributed by atoms with Crippen molar-refractivity contribution < 1.29 is 40.6 Å². The van der Waals surface area contributed by atoms with Gasteiger partial charge in [-0.1, -0.05) is 30.3 Å². The predicted molar refractivity (Wildman–Crippen MR) is 151 cm³/mol. The zero-order valence-corrected chi connectivity index (χ0v) is 24.1. The van der Waals surface area contributed by atoms with Crippen molar-refractivity contribution in [3.8, 4) is 17.2 Å². The van der Waals surface area contributed by atoms with E-state index in [0.717, 1.165) is 22.9 Å². The summed E-state index contributed by atoms with van der Waals surface area (Å²) in [6.07, 6.45) is 0.742. The third-order valence-corrected chi connectivity index (χ3v) is 8.98. The SMILES string of the molecule is Cc1oc(-c2cc(F)c(C)c(F)c2F)nc1CCOc1cccc(CN(CC(=O)O)S(=O)(=O)N2CCc3ccccc32)c1. The quantitative estimate of drug-likeness (QED) is 0.231. The maximum atomic E-state index is 14.4. The highest BCUT2D eigenvalue weighted by molar-refractivity contribution is 7.90. The molecule has 1 aromatic heterocycles. The number of benzene rings is 3. The number of carbonyl (C=O) groups is 1. The van der Waals surface area contributed by atoms with Gasteiger partial charge in [-0.25, -0.2) is 18.2 Å². The van der Waals surface area contributed by atoms with E-state index >= 15 is 0 Å². The number of ether oxygens (including phenoxy) is 1. The number of aromatic nitrogens is 1. The third-order valence-electron chi connectivity index (χ3n) is 7.14. The number of oxazole rings is 1. The molecular formula is C30H28F3N3O6S. The first kappa shape index (κ1) is 30.1. The largest absolute Gasteiger partial charge is 0.493 e. The lowest BCUT2D eigenvalue weighted by molar-refractivity contribution is -0.137. The monoisotopic (exact) mass is 615 g/mol. The lowest BCUT2D eigenvalue weighted by Gasteiger charge is -2.28. The van der Waals surface area contributed by atoms with Crippen LogP contribution in [0.4, 0.5) is 18.9 Å². The minimum absolute atomic E-state index is 0.0943. The number of carboxylic acids is 1. The van der Waals surface area contributed by atoms with Gasteiger partial charge < -0.3 is 14.3 Å². The average Bonchev–Trinajstić information content (AvgIpc) is 3.57. The van der Waals surface area contributed by atoms with E-state index in [1.807, 2.05) is 12.1 Å². The second kappa shape index (κ2) is 12.1. The van der Waals surface area contributed by atoms with Crippen LogP contribution in [0, 0.1) is 31.3 Å². The fourth-order valence-electron chi connectivity index (χ4n) is 4.88. The van der Waals surface area contributed by atoms with E-state index in [1.165, 1.54) is 4.31 Å². The number of halogens is 3. The van der Waals surface area contributed by atoms with Crippen molar-refractivity contribution in [1.29, 1.82) is 0 Å². The van der Waals surface area contributed by atoms with Crippen LogP contribution in [0.5, 0.6) is 5.75 Å². The molecule has 2 heterocycles. The molecule has 0 atom stereocenters. The number of aliphatic carboxylic acids is 1. The number of rotatable bonds is 11. The van der Waals surface area contributed by atoms with Crippen molar-refractivity contribution >= 4 is 21.9 Å². The number of anilines is 1. The highest BCUT2D eigenvalue weighted by Crippen LogP contribution is 2.32. The average molecular weight is 616 g/mol. The smallest absolute Gasteiger partial charge is 0.318 e. The normalized spacial score (nSPS) is 13.0. The highest BCUT2D eigenvalue weighted by Gasteiger charge is 2.35. The maximum absolute atomic E-state index is 14.4. The van der Waals surface area contributed by atoms with E-state index in [-0.39, 0.29) is 32.0 Å². The Labute approximate surface area is 246 Å². The van der Waals surface area contributed by atoms with E-state index in [2.05, 4.69) is 4.98 Å². The fourth-order valence-corrected chi connectivity index (χ4v) is 6.49. The number of hydrogen-bond acceptors (Lipinski definition) is 6. The molecule has 0 amide bonds. The van der Waals surface area contributed by atoms with Gasteiger partial charge in [0.2, 0.25) is 5.89 Å². The number of para-hydroxylation sites is 1. The highest BCUT2D eigenvalue weighted by atomic mass is 32.2. The summed E-state index contributed by atoms with van der Waals surface area (Å²) in [7, 11) is -4.16. The van der Waals surface area contributed by atoms with Gasteiger partial charge in [0, 0.05) is 25.1 Å². The topological polar surface area (TPSA) is 113 Å². The van der Waals surface area contributed by atoms with Crippen LogP contribution in [0.1, 0.15) is 28.1 Å². The lowest BCUT2D eigenvalue weighted by Crippen LogP contribution is -2.45. The number of nitrogens with zero attached hydrogens (tertiary/aromatic N) is 3. The van der Waals surface area contributed by atoms with Crippen LogP contribution in [0.15, 0.2) is 59.0 Å². The molecule has 0 radical (unpaired) electrons. The fraction of sp³-hybridized carbons (Fsp3) is 0.267. The van der Waals surface area contributed by atoms with Gasteiger partial charge in [0.05, 0.1) is 23.6 Å². The molecule has 0 spiro atoms. The molecule has 43 heavy (non-hydrogen) atoms. The van der Waals surface area contributed by atoms with Crippen LogP contribution in [-0.4, -0.2) is 48.5 Å². The first-order chi connectivity index (χ1) is 20.5. The van der Waals surface area contributed by atoms with E-state index in [9.17, 15) is 31.5 Å². The summed E-state index contributed by atoms with van der Waals surface area (Å²) in [5.41, 5.74) is 1.44. The summed E-state index contributed by atoms with van der Waals surface area (Å²) in [4.78, 5) is 15.8. The molecule has 5 rings (SSSR count). The predicted octanol–water partition coefficient (Wildman–Crippen LogP) is 5.19. The summed E-state index contributed by atoms with van der Waals surface area (Å²) in [6.45, 7) is 2.09. The molecular weight excluding hydrogens is 587 g/mol. The minimum Gasteiger partial charge on any atom is -0.493 e. The molecule has 0 saturated carbocycles. The van der Waals surface area contributed by atoms with Crippen molar-refractivity contribution in [3.05, 3.63) is 100 Å². The Bertz CT molecular complexity index is 1790. The van der Waals surface area contributed by atoms with Crippen molar-refractivity contribution in [2.24, 2.45) is 0 Å². The van der Waals surface area contributed by atoms with Gasteiger partial charge >= 0.3 is 16.2 Å². The molecule has 3 aromatic carbocycles. The van der Waals surface area contributed by atoms with Crippen LogP contribution >= 0.6 is 0 Å². The molecule has 1 aliphatic heterocycles. The van der Waals surface area contributed by atoms with Crippen LogP contribution < -0.4 is 9.04 Å². The van der Waals surface area contributed by atoms with Crippen molar-refractivity contribution in [2.45, 2.75) is 33.2 Å². The van der Waals surface area contributed by atoms with Crippen LogP contribution in [-0.2, 0) is 34.4 Å². The molecule has 0 bridgehead atoms. The second-order valence-electron chi connectivity index (χ2n) is 10.0. The summed E-state index contributed by atoms with van der Waals surface area (Å²) >= 11 is 0. The van der Waals surface area contributed by atoms with E-state index < -0.39 is 51.3 Å². The van der Waals surface area contributed by atoms with Crippen LogP contribution in [0.2, 0.25) is 0 Å². The molecule has 1 aliphatic rings. The molecule has 4 aromatic rings. The van der Waals surface area contributed by atoms with E-state index in [1.54, 1.807) is 43.3 Å². The Morgan fingerprint density at radius 3 is 2.63 bits per heavy atom. The first-order valence-corrected chi connectivity index (χ1v) is 14.8. The number of hydrogen-bond donors (Lipinski definition) is 1. The minimum atomic E-state index is -4.16. The Morgan fingerprint density at radius 2 is 1.86 bits per heavy atom. The Balaban J connectivity index is 1.27. The lowest BCUT2D eigenvalue weighted by atomic mass is 10.1. The standard InChI is InChI=1S/C30H28F3N3O6S/c1-18-24(31)15-23(29(33)28(18)32)30-34-25(19(2)42-30)11-13-41-22-8-5-6-20(14-22)16-35(17-27(37)38)43(39,40)36-12-10-21-7-3-4-9-26(21)36/h3-9,14-15H,10-13,16-17H2,1-2H3,(H,37,38). The van der Waals surface area contributed by atoms with Crippen LogP contribution in [0.25, 0.3) is 11.5 Å². The Morgan fingerprint density at radius 1 is 1.09 bits per heavy atom. The van der Waals surface area contributed by atoms with Gasteiger partial charge in [0.15, 0.2) is 11.6 Å². The summed E-state index contributed by atoms with van der Waals surface area (Å²) in [6, 6.07) is 14.5. The molecule has 0 aliphatic carbocycles. The van der Waals surface area contributed by atoms with Crippen molar-refractivity contribution in [3.63, 3.8) is 0 Å². The van der Waals surface area contributed by atoms with Gasteiger partial charge in [0.25, 0.3) is 0 Å². The van der Waals surface area contributed by atoms with E-state index in [4.69, 9.17) is 9.15 Å². The zero-order chi connectivity index (χ0) is 30.9. The third kappa shape index (κ3) is 6.22. The maximum Gasteiger partial charge on any atom is 0.318 e. The Kier molecular flexibility index (Phi) is 8.47. The number of fused-ring (bicyclic) bond motifs is 1. The van der Waals surface area contributed by atoms with Crippen LogP contribution in [0.3, 0.4) is 0 Å². The molecule has 0 unspecified atom stereocenters. The Hall–Kier alpha value is -4.36. The summed E-state index contributed by atoms with van der Waals surface area (Å²) in [5.74, 6) is -4.32. The second-order valence-corrected chi connectivity index (χ2v) is 11.9. The molecule has 0 fully saturated rings. The molecule has 13 heteroatoms. The van der Waals surface area contributed by atoms with Gasteiger partial charge in [0.1, 0.15) is 23.9 Å². The number of carboxylic acid groups (broad SMARTS) is 1. The van der Waals surface area contributed by atoms with Crippen molar-refractivity contribution in [1.82, 2.24) is 9.29 Å². The first-order valence-electron chi connectivity index (χ1n) is 13.4. The van der Waals surface area contributed by atoms with Gasteiger partial charge in [-0.2, -0.15) is 12.7 Å². The molecule has 1 N–H and O–H groups in total. The molecule has 0 saturated heterocycles. The number of aryl methyl sites for hydroxylation is 1. The summed E-state index contributed by atoms with van der Waals surface area (Å²) < 4.78 is 83.0. The van der Waals surface area contributed by atoms with Crippen molar-refractivity contribution in [2.75, 3.05) is 24.0 Å². The van der Waals surface area contributed by atoms with Gasteiger partial charge in [-0.15, -0.1) is 0 Å². The molecule has 9 nitrogen and oxygen atoms in total. The summed E-state index contributed by atoms with van der Waals surface area (Å²) in [5, 5.41) is 9.47. The van der Waals surface area contributed by atoms with E-state index in [0.29, 0.717) is 34.9 Å². The zero-order valence-electron chi connectivity index (χ0n) is 23.3. The molecule has 226 valence electrons.